The van der Waals surface area contributed by atoms with Crippen molar-refractivity contribution in [1.29, 1.82) is 0 Å². The Morgan fingerprint density at radius 1 is 1.00 bits per heavy atom. The van der Waals surface area contributed by atoms with Crippen molar-refractivity contribution >= 4 is 27.5 Å². The van der Waals surface area contributed by atoms with Crippen LogP contribution in [0.2, 0.25) is 0 Å². The molecule has 4 rings (SSSR count). The Morgan fingerprint density at radius 3 is 2.62 bits per heavy atom. The van der Waals surface area contributed by atoms with E-state index in [1.54, 1.807) is 0 Å². The molecule has 0 radical (unpaired) electrons. The number of nitrogens with one attached hydrogen (secondary N) is 1. The van der Waals surface area contributed by atoms with Crippen LogP contribution in [0.15, 0.2) is 11.6 Å². The zero-order valence-electron chi connectivity index (χ0n) is 26.9. The molecular formula is C36H63NOS2. The van der Waals surface area contributed by atoms with Crippen LogP contribution in [0, 0.1) is 40.4 Å². The van der Waals surface area contributed by atoms with Gasteiger partial charge in [0.2, 0.25) is 5.91 Å². The molecule has 4 heteroatoms. The van der Waals surface area contributed by atoms with Crippen LogP contribution in [-0.2, 0) is 4.79 Å². The fraction of sp³-hybridized carbons (Fsp3) is 0.917. The summed E-state index contributed by atoms with van der Waals surface area (Å²) in [7, 11) is 4.03. The second-order valence-electron chi connectivity index (χ2n) is 15.1. The molecule has 1 N–H and O–H groups in total. The maximum atomic E-state index is 12.2. The Hall–Kier alpha value is -0.0900. The van der Waals surface area contributed by atoms with Crippen LogP contribution in [0.5, 0.6) is 0 Å². The van der Waals surface area contributed by atoms with E-state index in [4.69, 9.17) is 0 Å². The number of hydrogen-bond acceptors (Lipinski definition) is 3. The quantitative estimate of drug-likeness (QED) is 0.110. The van der Waals surface area contributed by atoms with Crippen molar-refractivity contribution in [1.82, 2.24) is 5.32 Å². The lowest BCUT2D eigenvalue weighted by molar-refractivity contribution is -0.120. The molecule has 3 saturated carbocycles. The van der Waals surface area contributed by atoms with E-state index in [9.17, 15) is 4.79 Å². The van der Waals surface area contributed by atoms with Gasteiger partial charge in [-0.1, -0.05) is 113 Å². The molecule has 7 atom stereocenters. The average Bonchev–Trinajstić information content (AvgIpc) is 3.27. The number of fused-ring (bicyclic) bond motifs is 5. The Bertz CT molecular complexity index is 826. The molecule has 0 aromatic carbocycles. The van der Waals surface area contributed by atoms with E-state index < -0.39 is 0 Å². The summed E-state index contributed by atoms with van der Waals surface area (Å²) in [6.45, 7) is 13.2. The van der Waals surface area contributed by atoms with Gasteiger partial charge in [0, 0.05) is 24.0 Å². The first-order valence-electron chi connectivity index (χ1n) is 17.5. The van der Waals surface area contributed by atoms with Crippen LogP contribution in [0.3, 0.4) is 0 Å². The highest BCUT2D eigenvalue weighted by Crippen LogP contribution is 2.67. The predicted molar refractivity (Wildman–Crippen MR) is 179 cm³/mol. The molecule has 0 aromatic heterocycles. The third-order valence-corrected chi connectivity index (χ3v) is 15.0. The number of carbonyl (C=O) groups excluding carboxylic acids is 1. The summed E-state index contributed by atoms with van der Waals surface area (Å²) in [4.78, 5) is 12.2. The highest BCUT2D eigenvalue weighted by atomic mass is 33.1. The van der Waals surface area contributed by atoms with Crippen molar-refractivity contribution in [2.75, 3.05) is 12.3 Å². The topological polar surface area (TPSA) is 29.1 Å². The van der Waals surface area contributed by atoms with Gasteiger partial charge >= 0.3 is 0 Å². The molecule has 0 aliphatic heterocycles. The van der Waals surface area contributed by atoms with Crippen molar-refractivity contribution in [2.45, 2.75) is 155 Å². The summed E-state index contributed by atoms with van der Waals surface area (Å²) >= 11 is 0. The van der Waals surface area contributed by atoms with E-state index in [1.165, 1.54) is 103 Å². The minimum atomic E-state index is 0.245. The van der Waals surface area contributed by atoms with E-state index in [1.807, 2.05) is 16.4 Å². The van der Waals surface area contributed by atoms with Gasteiger partial charge in [-0.2, -0.15) is 0 Å². The molecule has 40 heavy (non-hydrogen) atoms. The van der Waals surface area contributed by atoms with Crippen molar-refractivity contribution in [3.05, 3.63) is 11.6 Å². The smallest absolute Gasteiger partial charge is 0.220 e. The third-order valence-electron chi connectivity index (χ3n) is 12.1. The summed E-state index contributed by atoms with van der Waals surface area (Å²) < 4.78 is 0. The van der Waals surface area contributed by atoms with Gasteiger partial charge in [-0.05, 0) is 105 Å². The lowest BCUT2D eigenvalue weighted by Gasteiger charge is -2.58. The number of amides is 1. The summed E-state index contributed by atoms with van der Waals surface area (Å²) in [5.74, 6) is 5.88. The fourth-order valence-corrected chi connectivity index (χ4v) is 12.2. The fourth-order valence-electron chi connectivity index (χ4n) is 9.56. The van der Waals surface area contributed by atoms with Gasteiger partial charge in [-0.3, -0.25) is 4.79 Å². The number of unbranched alkanes of at least 4 members (excludes halogenated alkanes) is 5. The monoisotopic (exact) mass is 589 g/mol. The molecule has 0 aromatic rings. The molecule has 3 fully saturated rings. The van der Waals surface area contributed by atoms with Crippen LogP contribution in [0.4, 0.5) is 0 Å². The lowest BCUT2D eigenvalue weighted by atomic mass is 9.47. The Balaban J connectivity index is 1.20. The molecule has 230 valence electrons. The molecular weight excluding hydrogens is 527 g/mol. The van der Waals surface area contributed by atoms with Crippen LogP contribution in [0.25, 0.3) is 0 Å². The standard InChI is InChI=1S/C36H63NOS2/c1-6-7-8-9-12-24-37-34(38)21-25-39-40-30-19-22-36(5)29(26-30)15-17-31-32-18-16-28(14-11-10-13-27(2)3)35(32,4)23-20-33(31)36/h15,27-28,30-33H,6-14,16-26H2,1-5H3,(H,37,38). The Labute approximate surface area is 256 Å². The van der Waals surface area contributed by atoms with E-state index in [0.29, 0.717) is 17.3 Å². The Kier molecular flexibility index (Phi) is 12.8. The summed E-state index contributed by atoms with van der Waals surface area (Å²) in [6.07, 6.45) is 26.9. The number of hydrogen-bond donors (Lipinski definition) is 1. The van der Waals surface area contributed by atoms with E-state index in [2.05, 4.69) is 56.8 Å². The van der Waals surface area contributed by atoms with Crippen molar-refractivity contribution < 1.29 is 4.79 Å². The minimum Gasteiger partial charge on any atom is -0.356 e. The zero-order valence-corrected chi connectivity index (χ0v) is 28.5. The first-order chi connectivity index (χ1) is 19.3. The van der Waals surface area contributed by atoms with Gasteiger partial charge in [-0.25, -0.2) is 0 Å². The van der Waals surface area contributed by atoms with Gasteiger partial charge in [0.25, 0.3) is 0 Å². The molecule has 1 amide bonds. The van der Waals surface area contributed by atoms with Crippen LogP contribution in [0.1, 0.15) is 150 Å². The second kappa shape index (κ2) is 15.6. The maximum Gasteiger partial charge on any atom is 0.220 e. The molecule has 7 unspecified atom stereocenters. The summed E-state index contributed by atoms with van der Waals surface area (Å²) in [5, 5.41) is 3.87. The van der Waals surface area contributed by atoms with Gasteiger partial charge in [0.1, 0.15) is 0 Å². The molecule has 4 aliphatic rings. The molecule has 0 spiro atoms. The molecule has 0 bridgehead atoms. The first kappa shape index (κ1) is 32.8. The molecule has 4 aliphatic carbocycles. The highest BCUT2D eigenvalue weighted by molar-refractivity contribution is 8.76. The van der Waals surface area contributed by atoms with E-state index in [-0.39, 0.29) is 5.91 Å². The van der Waals surface area contributed by atoms with Gasteiger partial charge in [0.05, 0.1) is 0 Å². The molecule has 0 saturated heterocycles. The van der Waals surface area contributed by atoms with Gasteiger partial charge < -0.3 is 5.32 Å². The second-order valence-corrected chi connectivity index (χ2v) is 17.8. The molecule has 0 heterocycles. The molecule has 2 nitrogen and oxygen atoms in total. The van der Waals surface area contributed by atoms with E-state index in [0.717, 1.165) is 53.6 Å². The normalized spacial score (nSPS) is 35.1. The van der Waals surface area contributed by atoms with Gasteiger partial charge in [-0.15, -0.1) is 0 Å². The number of allylic oxidation sites excluding steroid dienone is 2. The van der Waals surface area contributed by atoms with Crippen LogP contribution in [-0.4, -0.2) is 23.5 Å². The average molecular weight is 590 g/mol. The largest absolute Gasteiger partial charge is 0.356 e. The third kappa shape index (κ3) is 8.09. The van der Waals surface area contributed by atoms with Crippen LogP contribution < -0.4 is 5.32 Å². The SMILES string of the molecule is CCCCCCCNC(=O)CCSSC1CCC2(C)C(=CCC3C2CCC2(C)C(CCCCC(C)C)CCC32)C1. The number of rotatable bonds is 16. The van der Waals surface area contributed by atoms with Crippen molar-refractivity contribution in [3.8, 4) is 0 Å². The summed E-state index contributed by atoms with van der Waals surface area (Å²) in [6, 6.07) is 0. The minimum absolute atomic E-state index is 0.245. The highest BCUT2D eigenvalue weighted by Gasteiger charge is 2.58. The lowest BCUT2D eigenvalue weighted by Crippen LogP contribution is -2.50. The van der Waals surface area contributed by atoms with Gasteiger partial charge in [0.15, 0.2) is 0 Å². The van der Waals surface area contributed by atoms with E-state index >= 15 is 0 Å². The maximum absolute atomic E-state index is 12.2. The summed E-state index contributed by atoms with van der Waals surface area (Å²) in [5.41, 5.74) is 2.88. The van der Waals surface area contributed by atoms with Crippen molar-refractivity contribution in [3.63, 3.8) is 0 Å². The van der Waals surface area contributed by atoms with Crippen molar-refractivity contribution in [2.24, 2.45) is 40.4 Å². The Morgan fingerprint density at radius 2 is 1.82 bits per heavy atom. The predicted octanol–water partition coefficient (Wildman–Crippen LogP) is 11.0. The zero-order chi connectivity index (χ0) is 28.6. The number of carbonyl (C=O) groups is 1. The van der Waals surface area contributed by atoms with Crippen LogP contribution >= 0.6 is 21.6 Å². The first-order valence-corrected chi connectivity index (χ1v) is 19.9.